The molecular weight excluding hydrogens is 324 g/mol. The Kier molecular flexibility index (Phi) is 16.5. The third-order valence-electron chi connectivity index (χ3n) is 4.66. The lowest BCUT2D eigenvalue weighted by Crippen LogP contribution is -2.45. The standard InChI is InChI=1S/C18H32N4.C2H6.CH4O/c1-3-16-14-21-22-18(17(16)4-2)20-12-8-7-11-19-13-15-9-5-6-10-15;2*1-2/h3-4,15,19,21H,5-14H2,1-2H3,(H,20,22);1-2H3;2H,1H3/b16-3-,17-4+;;. The molecule has 2 rings (SSSR count). The van der Waals surface area contributed by atoms with Gasteiger partial charge in [0, 0.05) is 25.8 Å². The molecule has 0 aromatic carbocycles. The molecule has 1 aliphatic carbocycles. The van der Waals surface area contributed by atoms with Gasteiger partial charge in [-0.05, 0) is 64.1 Å². The first kappa shape index (κ1) is 24.8. The minimum atomic E-state index is 0.861. The number of nitrogens with zero attached hydrogens (tertiary/aromatic N) is 1. The van der Waals surface area contributed by atoms with Gasteiger partial charge in [-0.3, -0.25) is 4.99 Å². The molecule has 5 nitrogen and oxygen atoms in total. The monoisotopic (exact) mass is 366 g/mol. The third kappa shape index (κ3) is 9.51. The molecule has 5 heteroatoms. The molecule has 2 aliphatic rings. The topological polar surface area (TPSA) is 68.7 Å². The molecule has 1 saturated carbocycles. The highest BCUT2D eigenvalue weighted by atomic mass is 16.2. The van der Waals surface area contributed by atoms with Gasteiger partial charge in [0.15, 0.2) is 0 Å². The lowest BCUT2D eigenvalue weighted by molar-refractivity contribution is 0.399. The fourth-order valence-electron chi connectivity index (χ4n) is 3.32. The molecule has 4 N–H and O–H groups in total. The highest BCUT2D eigenvalue weighted by Crippen LogP contribution is 2.23. The Labute approximate surface area is 161 Å². The summed E-state index contributed by atoms with van der Waals surface area (Å²) in [6.07, 6.45) is 12.4. The maximum atomic E-state index is 7.00. The first-order valence-corrected chi connectivity index (χ1v) is 10.4. The summed E-state index contributed by atoms with van der Waals surface area (Å²) in [6, 6.07) is 0. The van der Waals surface area contributed by atoms with Crippen LogP contribution in [-0.2, 0) is 0 Å². The number of aliphatic imine (C=N–C) groups is 1. The van der Waals surface area contributed by atoms with E-state index in [0.29, 0.717) is 0 Å². The predicted molar refractivity (Wildman–Crippen MR) is 115 cm³/mol. The first-order chi connectivity index (χ1) is 12.8. The smallest absolute Gasteiger partial charge is 0.142 e. The van der Waals surface area contributed by atoms with E-state index in [-0.39, 0.29) is 0 Å². The van der Waals surface area contributed by atoms with Crippen molar-refractivity contribution >= 4 is 5.84 Å². The van der Waals surface area contributed by atoms with Gasteiger partial charge in [0.05, 0.1) is 0 Å². The molecule has 1 aliphatic heterocycles. The zero-order valence-electron chi connectivity index (χ0n) is 17.7. The van der Waals surface area contributed by atoms with Crippen molar-refractivity contribution in [3.05, 3.63) is 23.3 Å². The summed E-state index contributed by atoms with van der Waals surface area (Å²) >= 11 is 0. The van der Waals surface area contributed by atoms with Gasteiger partial charge >= 0.3 is 0 Å². The maximum Gasteiger partial charge on any atom is 0.142 e. The largest absolute Gasteiger partial charge is 0.400 e. The van der Waals surface area contributed by atoms with Gasteiger partial charge in [0.1, 0.15) is 5.84 Å². The summed E-state index contributed by atoms with van der Waals surface area (Å²) in [5.41, 5.74) is 8.94. The van der Waals surface area contributed by atoms with Crippen molar-refractivity contribution in [2.24, 2.45) is 10.9 Å². The number of unbranched alkanes of at least 4 members (excludes halogenated alkanes) is 1. The van der Waals surface area contributed by atoms with Crippen molar-refractivity contribution < 1.29 is 5.11 Å². The van der Waals surface area contributed by atoms with Gasteiger partial charge in [0.25, 0.3) is 0 Å². The van der Waals surface area contributed by atoms with Crippen LogP contribution in [0.25, 0.3) is 0 Å². The highest BCUT2D eigenvalue weighted by molar-refractivity contribution is 6.02. The highest BCUT2D eigenvalue weighted by Gasteiger charge is 2.15. The Morgan fingerprint density at radius 2 is 1.81 bits per heavy atom. The summed E-state index contributed by atoms with van der Waals surface area (Å²) < 4.78 is 0. The number of hydrogen-bond donors (Lipinski definition) is 4. The summed E-state index contributed by atoms with van der Waals surface area (Å²) in [5.74, 6) is 1.93. The first-order valence-electron chi connectivity index (χ1n) is 10.4. The molecule has 0 bridgehead atoms. The SMILES string of the molecule is C/C=C1/CNNC(=NCCCCNCC2CCCC2)/C1=C/C.CC.CO. The van der Waals surface area contributed by atoms with Crippen LogP contribution >= 0.6 is 0 Å². The Morgan fingerprint density at radius 3 is 2.42 bits per heavy atom. The second kappa shape index (κ2) is 17.3. The number of aliphatic hydroxyl groups is 1. The second-order valence-electron chi connectivity index (χ2n) is 6.29. The van der Waals surface area contributed by atoms with Crippen LogP contribution in [0.1, 0.15) is 66.2 Å². The van der Waals surface area contributed by atoms with Crippen LogP contribution in [0.3, 0.4) is 0 Å². The third-order valence-corrected chi connectivity index (χ3v) is 4.66. The fraction of sp³-hybridized carbons (Fsp3) is 0.762. The van der Waals surface area contributed by atoms with Crippen molar-refractivity contribution in [1.29, 1.82) is 0 Å². The van der Waals surface area contributed by atoms with Crippen LogP contribution in [-0.4, -0.2) is 44.2 Å². The van der Waals surface area contributed by atoms with Crippen molar-refractivity contribution in [3.8, 4) is 0 Å². The Bertz CT molecular complexity index is 424. The molecule has 0 aromatic rings. The van der Waals surface area contributed by atoms with E-state index < -0.39 is 0 Å². The van der Waals surface area contributed by atoms with E-state index in [1.807, 2.05) is 13.8 Å². The fourth-order valence-corrected chi connectivity index (χ4v) is 3.32. The summed E-state index contributed by atoms with van der Waals surface area (Å²) in [5, 5.41) is 10.6. The van der Waals surface area contributed by atoms with Crippen LogP contribution in [0, 0.1) is 5.92 Å². The van der Waals surface area contributed by atoms with Crippen LogP contribution in [0.15, 0.2) is 28.3 Å². The zero-order chi connectivity index (χ0) is 19.6. The van der Waals surface area contributed by atoms with E-state index >= 15 is 0 Å². The summed E-state index contributed by atoms with van der Waals surface area (Å²) in [6.45, 7) is 12.3. The molecule has 1 saturated heterocycles. The molecule has 0 radical (unpaired) electrons. The van der Waals surface area contributed by atoms with Crippen molar-refractivity contribution in [2.45, 2.75) is 66.2 Å². The maximum absolute atomic E-state index is 7.00. The molecule has 2 fully saturated rings. The lowest BCUT2D eigenvalue weighted by Gasteiger charge is -2.23. The number of allylic oxidation sites excluding steroid dienone is 2. The van der Waals surface area contributed by atoms with Crippen molar-refractivity contribution in [1.82, 2.24) is 16.2 Å². The molecule has 0 amide bonds. The van der Waals surface area contributed by atoms with Gasteiger partial charge < -0.3 is 15.8 Å². The Morgan fingerprint density at radius 1 is 1.12 bits per heavy atom. The Hall–Kier alpha value is -1.17. The molecule has 1 heterocycles. The van der Waals surface area contributed by atoms with E-state index in [4.69, 9.17) is 10.1 Å². The van der Waals surface area contributed by atoms with E-state index in [1.165, 1.54) is 49.8 Å². The predicted octanol–water partition coefficient (Wildman–Crippen LogP) is 3.58. The quantitative estimate of drug-likeness (QED) is 0.520. The lowest BCUT2D eigenvalue weighted by atomic mass is 10.0. The number of amidine groups is 1. The number of hydrazine groups is 1. The second-order valence-corrected chi connectivity index (χ2v) is 6.29. The molecule has 0 unspecified atom stereocenters. The molecular formula is C21H42N4O. The minimum Gasteiger partial charge on any atom is -0.400 e. The van der Waals surface area contributed by atoms with Gasteiger partial charge in [-0.15, -0.1) is 0 Å². The van der Waals surface area contributed by atoms with Crippen LogP contribution in [0.4, 0.5) is 0 Å². The number of rotatable bonds is 7. The van der Waals surface area contributed by atoms with Crippen LogP contribution in [0.2, 0.25) is 0 Å². The average Bonchev–Trinajstić information content (AvgIpc) is 3.23. The number of nitrogens with one attached hydrogen (secondary N) is 3. The molecule has 26 heavy (non-hydrogen) atoms. The van der Waals surface area contributed by atoms with Gasteiger partial charge in [-0.1, -0.05) is 38.8 Å². The minimum absolute atomic E-state index is 0.861. The van der Waals surface area contributed by atoms with Crippen molar-refractivity contribution in [2.75, 3.05) is 33.3 Å². The van der Waals surface area contributed by atoms with Crippen LogP contribution in [0.5, 0.6) is 0 Å². The average molecular weight is 367 g/mol. The van der Waals surface area contributed by atoms with Gasteiger partial charge in [-0.2, -0.15) is 0 Å². The van der Waals surface area contributed by atoms with Crippen LogP contribution < -0.4 is 16.2 Å². The van der Waals surface area contributed by atoms with Crippen molar-refractivity contribution in [3.63, 3.8) is 0 Å². The Balaban J connectivity index is 0.00000146. The number of hydrogen-bond acceptors (Lipinski definition) is 4. The molecule has 0 atom stereocenters. The molecule has 0 aromatic heterocycles. The van der Waals surface area contributed by atoms with Gasteiger partial charge in [-0.25, -0.2) is 5.43 Å². The summed E-state index contributed by atoms with van der Waals surface area (Å²) in [7, 11) is 1.00. The van der Waals surface area contributed by atoms with E-state index in [9.17, 15) is 0 Å². The van der Waals surface area contributed by atoms with E-state index in [2.05, 4.69) is 42.2 Å². The number of aliphatic hydroxyl groups excluding tert-OH is 1. The zero-order valence-corrected chi connectivity index (χ0v) is 17.7. The molecule has 0 spiro atoms. The molecule has 152 valence electrons. The van der Waals surface area contributed by atoms with E-state index in [0.717, 1.165) is 44.9 Å². The summed E-state index contributed by atoms with van der Waals surface area (Å²) in [4.78, 5) is 4.71. The van der Waals surface area contributed by atoms with E-state index in [1.54, 1.807) is 0 Å². The normalized spacial score (nSPS) is 21.8. The van der Waals surface area contributed by atoms with Gasteiger partial charge in [0.2, 0.25) is 0 Å².